The third-order valence-electron chi connectivity index (χ3n) is 4.13. The summed E-state index contributed by atoms with van der Waals surface area (Å²) >= 11 is 0. The van der Waals surface area contributed by atoms with Gasteiger partial charge in [0, 0.05) is 19.6 Å². The molecule has 0 spiro atoms. The van der Waals surface area contributed by atoms with Crippen molar-refractivity contribution in [2.75, 3.05) is 12.8 Å². The van der Waals surface area contributed by atoms with Gasteiger partial charge in [0.25, 0.3) is 5.82 Å². The Hall–Kier alpha value is -2.77. The number of benzene rings is 1. The summed E-state index contributed by atoms with van der Waals surface area (Å²) in [4.78, 5) is 9.36. The van der Waals surface area contributed by atoms with Crippen LogP contribution >= 0.6 is 7.82 Å². The number of phosphoric ester groups is 1. The summed E-state index contributed by atoms with van der Waals surface area (Å²) in [5.74, 6) is 0.792. The van der Waals surface area contributed by atoms with E-state index in [0.717, 1.165) is 23.9 Å². The number of nitrogens with two attached hydrogens (primary N) is 1. The molecule has 0 aliphatic heterocycles. The second-order valence-electron chi connectivity index (χ2n) is 5.99. The summed E-state index contributed by atoms with van der Waals surface area (Å²) in [5.41, 5.74) is 9.65. The monoisotopic (exact) mass is 402 g/mol. The van der Waals surface area contributed by atoms with Crippen molar-refractivity contribution in [2.24, 2.45) is 0 Å². The van der Waals surface area contributed by atoms with Gasteiger partial charge in [-0.2, -0.15) is 0 Å². The molecule has 2 aromatic heterocycles. The van der Waals surface area contributed by atoms with Gasteiger partial charge in [0.1, 0.15) is 5.56 Å². The highest BCUT2D eigenvalue weighted by atomic mass is 31.2. The van der Waals surface area contributed by atoms with Gasteiger partial charge in [-0.1, -0.05) is 42.1 Å². The first kappa shape index (κ1) is 20.0. The molecule has 1 atom stereocenters. The lowest BCUT2D eigenvalue weighted by Crippen LogP contribution is -2.38. The van der Waals surface area contributed by atoms with E-state index >= 15 is 0 Å². The van der Waals surface area contributed by atoms with Gasteiger partial charge in [-0.05, 0) is 23.3 Å². The highest BCUT2D eigenvalue weighted by molar-refractivity contribution is 7.47. The predicted molar refractivity (Wildman–Crippen MR) is 104 cm³/mol. The number of aromatic nitrogens is 2. The molecule has 2 heterocycles. The van der Waals surface area contributed by atoms with E-state index in [9.17, 15) is 9.46 Å². The Morgan fingerprint density at radius 2 is 2.11 bits per heavy atom. The zero-order chi connectivity index (χ0) is 20.1. The summed E-state index contributed by atoms with van der Waals surface area (Å²) in [6.45, 7) is 3.49. The molecule has 3 aromatic rings. The van der Waals surface area contributed by atoms with Crippen LogP contribution in [0.4, 0.5) is 5.82 Å². The average molecular weight is 402 g/mol. The van der Waals surface area contributed by atoms with Crippen LogP contribution in [0, 0.1) is 0 Å². The van der Waals surface area contributed by atoms with Crippen LogP contribution in [0.5, 0.6) is 0 Å². The molecule has 3 N–H and O–H groups in total. The van der Waals surface area contributed by atoms with Crippen LogP contribution in [0.2, 0.25) is 0 Å². The summed E-state index contributed by atoms with van der Waals surface area (Å²) in [5, 5.41) is 4.10. The predicted octanol–water partition coefficient (Wildman–Crippen LogP) is 3.17. The Morgan fingerprint density at radius 3 is 2.79 bits per heavy atom. The Morgan fingerprint density at radius 1 is 1.36 bits per heavy atom. The molecule has 9 heteroatoms. The van der Waals surface area contributed by atoms with Crippen LogP contribution < -0.4 is 10.3 Å². The molecule has 0 bridgehead atoms. The molecule has 0 aliphatic rings. The van der Waals surface area contributed by atoms with E-state index in [1.54, 1.807) is 24.4 Å². The first-order valence-electron chi connectivity index (χ1n) is 8.40. The van der Waals surface area contributed by atoms with Gasteiger partial charge >= 0.3 is 7.82 Å². The van der Waals surface area contributed by atoms with E-state index in [-0.39, 0.29) is 6.73 Å². The fourth-order valence-corrected chi connectivity index (χ4v) is 2.95. The first-order valence-corrected chi connectivity index (χ1v) is 9.90. The summed E-state index contributed by atoms with van der Waals surface area (Å²) in [6.07, 6.45) is 4.02. The van der Waals surface area contributed by atoms with Gasteiger partial charge in [-0.25, -0.2) is 13.7 Å². The van der Waals surface area contributed by atoms with E-state index in [0.29, 0.717) is 23.6 Å². The quantitative estimate of drug-likeness (QED) is 0.440. The molecule has 28 heavy (non-hydrogen) atoms. The third kappa shape index (κ3) is 4.74. The van der Waals surface area contributed by atoms with Crippen LogP contribution in [0.25, 0.3) is 17.4 Å². The van der Waals surface area contributed by atoms with Crippen molar-refractivity contribution < 1.29 is 27.6 Å². The minimum Gasteiger partial charge on any atom is -0.356 e. The maximum Gasteiger partial charge on any atom is 0.475 e. The SMILES string of the molecule is C=Cc1ccc(Cc2cc(-c3ccc[n+](COP(=O)(O)OC)c3N)on2)cc1. The van der Waals surface area contributed by atoms with Crippen molar-refractivity contribution in [1.29, 1.82) is 0 Å². The Kier molecular flexibility index (Phi) is 6.06. The minimum absolute atomic E-state index is 0.252. The van der Waals surface area contributed by atoms with E-state index in [1.165, 1.54) is 4.57 Å². The molecule has 0 fully saturated rings. The van der Waals surface area contributed by atoms with Crippen LogP contribution in [-0.4, -0.2) is 17.2 Å². The first-order chi connectivity index (χ1) is 13.4. The Balaban J connectivity index is 1.77. The number of nitrogens with zero attached hydrogens (tertiary/aromatic N) is 2. The van der Waals surface area contributed by atoms with Crippen molar-refractivity contribution in [3.8, 4) is 11.3 Å². The fourth-order valence-electron chi connectivity index (χ4n) is 2.58. The highest BCUT2D eigenvalue weighted by Gasteiger charge is 2.22. The molecular weight excluding hydrogens is 381 g/mol. The maximum atomic E-state index is 11.5. The van der Waals surface area contributed by atoms with Gasteiger partial charge in [-0.3, -0.25) is 10.3 Å². The number of nitrogen functional groups attached to an aromatic ring is 1. The van der Waals surface area contributed by atoms with Crippen molar-refractivity contribution in [1.82, 2.24) is 5.16 Å². The second kappa shape index (κ2) is 8.50. The normalized spacial score (nSPS) is 13.2. The fraction of sp³-hybridized carbons (Fsp3) is 0.158. The van der Waals surface area contributed by atoms with Gasteiger partial charge in [0.15, 0.2) is 5.76 Å². The molecular formula is C19H21N3O5P+. The molecule has 0 aliphatic carbocycles. The average Bonchev–Trinajstić information content (AvgIpc) is 3.16. The molecule has 3 rings (SSSR count). The van der Waals surface area contributed by atoms with Crippen molar-refractivity contribution in [2.45, 2.75) is 13.2 Å². The van der Waals surface area contributed by atoms with Gasteiger partial charge in [0.2, 0.25) is 6.73 Å². The van der Waals surface area contributed by atoms with E-state index in [1.807, 2.05) is 30.3 Å². The molecule has 8 nitrogen and oxygen atoms in total. The topological polar surface area (TPSA) is 112 Å². The summed E-state index contributed by atoms with van der Waals surface area (Å²) in [7, 11) is -3.02. The van der Waals surface area contributed by atoms with Crippen LogP contribution in [0.15, 0.2) is 59.8 Å². The molecule has 1 unspecified atom stereocenters. The zero-order valence-electron chi connectivity index (χ0n) is 15.3. The van der Waals surface area contributed by atoms with Crippen LogP contribution in [0.1, 0.15) is 16.8 Å². The van der Waals surface area contributed by atoms with Crippen LogP contribution in [0.3, 0.4) is 0 Å². The lowest BCUT2D eigenvalue weighted by Gasteiger charge is -2.09. The summed E-state index contributed by atoms with van der Waals surface area (Å²) < 4.78 is 27.6. The molecule has 1 aromatic carbocycles. The molecule has 146 valence electrons. The van der Waals surface area contributed by atoms with Crippen molar-refractivity contribution >= 4 is 19.7 Å². The smallest absolute Gasteiger partial charge is 0.356 e. The number of phosphoric acid groups is 1. The number of anilines is 1. The van der Waals surface area contributed by atoms with Crippen molar-refractivity contribution in [3.05, 3.63) is 72.1 Å². The maximum absolute atomic E-state index is 11.5. The molecule has 0 saturated carbocycles. The minimum atomic E-state index is -4.10. The highest BCUT2D eigenvalue weighted by Crippen LogP contribution is 2.41. The Labute approximate surface area is 162 Å². The van der Waals surface area contributed by atoms with E-state index < -0.39 is 7.82 Å². The zero-order valence-corrected chi connectivity index (χ0v) is 16.2. The molecule has 0 saturated heterocycles. The lowest BCUT2D eigenvalue weighted by atomic mass is 10.1. The van der Waals surface area contributed by atoms with Gasteiger partial charge in [-0.15, -0.1) is 0 Å². The number of hydrogen-bond donors (Lipinski definition) is 2. The van der Waals surface area contributed by atoms with Gasteiger partial charge < -0.3 is 9.42 Å². The number of pyridine rings is 1. The van der Waals surface area contributed by atoms with Crippen LogP contribution in [-0.2, 0) is 26.8 Å². The standard InChI is InChI=1S/C19H20N3O5P/c1-3-14-6-8-15(9-7-14)11-16-12-18(27-21-16)17-5-4-10-22(19(17)20)13-26-28(23,24)25-2/h3-10,12,20H,1,11,13H2,2H3,(H,23,24)/p+1. The van der Waals surface area contributed by atoms with Gasteiger partial charge in [0.05, 0.1) is 11.9 Å². The molecule has 0 radical (unpaired) electrons. The number of rotatable bonds is 8. The Bertz CT molecular complexity index is 1020. The number of hydrogen-bond acceptors (Lipinski definition) is 6. The molecule has 0 amide bonds. The lowest BCUT2D eigenvalue weighted by molar-refractivity contribution is -0.711. The summed E-state index contributed by atoms with van der Waals surface area (Å²) in [6, 6.07) is 13.3. The van der Waals surface area contributed by atoms with E-state index in [2.05, 4.69) is 16.3 Å². The third-order valence-corrected chi connectivity index (χ3v) is 5.03. The van der Waals surface area contributed by atoms with Crippen molar-refractivity contribution in [3.63, 3.8) is 0 Å². The van der Waals surface area contributed by atoms with E-state index in [4.69, 9.17) is 14.8 Å². The largest absolute Gasteiger partial charge is 0.475 e. The second-order valence-corrected chi connectivity index (χ2v) is 7.55.